The molecule has 8 nitrogen and oxygen atoms in total. The number of rotatable bonds is 7. The van der Waals surface area contributed by atoms with Crippen LogP contribution in [0.4, 0.5) is 11.6 Å². The fourth-order valence-corrected chi connectivity index (χ4v) is 3.42. The number of amides is 1. The summed E-state index contributed by atoms with van der Waals surface area (Å²) in [4.78, 5) is 12.9. The molecule has 3 aromatic carbocycles. The van der Waals surface area contributed by atoms with Gasteiger partial charge in [0.05, 0.1) is 5.69 Å². The van der Waals surface area contributed by atoms with Crippen LogP contribution in [0, 0.1) is 6.92 Å². The molecule has 0 atom stereocenters. The van der Waals surface area contributed by atoms with Crippen LogP contribution in [0.1, 0.15) is 21.6 Å². The van der Waals surface area contributed by atoms with Gasteiger partial charge in [0.1, 0.15) is 17.1 Å². The average molecular weight is 443 g/mol. The topological polar surface area (TPSA) is 94.9 Å². The van der Waals surface area contributed by atoms with Crippen LogP contribution in [-0.4, -0.2) is 17.9 Å². The van der Waals surface area contributed by atoms with Gasteiger partial charge in [0.2, 0.25) is 12.7 Å². The first-order valence-corrected chi connectivity index (χ1v) is 10.4. The maximum atomic E-state index is 12.9. The zero-order chi connectivity index (χ0) is 22.6. The van der Waals surface area contributed by atoms with Crippen molar-refractivity contribution < 1.29 is 23.5 Å². The summed E-state index contributed by atoms with van der Waals surface area (Å²) < 4.78 is 21.9. The van der Waals surface area contributed by atoms with Gasteiger partial charge < -0.3 is 29.4 Å². The highest BCUT2D eigenvalue weighted by Crippen LogP contribution is 2.33. The number of para-hydroxylation sites is 1. The van der Waals surface area contributed by atoms with Crippen LogP contribution < -0.4 is 24.8 Å². The van der Waals surface area contributed by atoms with Gasteiger partial charge in [0, 0.05) is 12.2 Å². The lowest BCUT2D eigenvalue weighted by molar-refractivity contribution is 0.102. The third-order valence-electron chi connectivity index (χ3n) is 5.07. The van der Waals surface area contributed by atoms with E-state index in [1.165, 1.54) is 0 Å². The van der Waals surface area contributed by atoms with Crippen molar-refractivity contribution in [3.05, 3.63) is 89.6 Å². The second kappa shape index (κ2) is 8.96. The number of aryl methyl sites for hydroxylation is 1. The lowest BCUT2D eigenvalue weighted by atomic mass is 10.2. The summed E-state index contributed by atoms with van der Waals surface area (Å²) in [6.07, 6.45) is 0. The number of ether oxygens (including phenoxy) is 3. The van der Waals surface area contributed by atoms with Gasteiger partial charge in [-0.3, -0.25) is 4.79 Å². The molecule has 0 bridgehead atoms. The normalized spacial score (nSPS) is 11.8. The van der Waals surface area contributed by atoms with E-state index in [9.17, 15) is 4.79 Å². The predicted molar refractivity (Wildman–Crippen MR) is 122 cm³/mol. The maximum Gasteiger partial charge on any atom is 0.263 e. The molecule has 0 radical (unpaired) electrons. The number of carbonyl (C=O) groups is 1. The molecule has 1 aliphatic heterocycles. The summed E-state index contributed by atoms with van der Waals surface area (Å²) in [5.74, 6) is 2.81. The van der Waals surface area contributed by atoms with E-state index < -0.39 is 0 Å². The quantitative estimate of drug-likeness (QED) is 0.397. The van der Waals surface area contributed by atoms with Crippen molar-refractivity contribution in [2.45, 2.75) is 13.5 Å². The Bertz CT molecular complexity index is 1270. The molecule has 0 spiro atoms. The van der Waals surface area contributed by atoms with Crippen molar-refractivity contribution in [1.82, 2.24) is 5.16 Å². The monoisotopic (exact) mass is 443 g/mol. The van der Waals surface area contributed by atoms with Crippen molar-refractivity contribution in [2.75, 3.05) is 17.4 Å². The largest absolute Gasteiger partial charge is 0.457 e. The van der Waals surface area contributed by atoms with E-state index in [-0.39, 0.29) is 12.7 Å². The van der Waals surface area contributed by atoms with Gasteiger partial charge in [-0.25, -0.2) is 0 Å². The van der Waals surface area contributed by atoms with E-state index >= 15 is 0 Å². The molecule has 8 heteroatoms. The second-order valence-electron chi connectivity index (χ2n) is 7.41. The van der Waals surface area contributed by atoms with Crippen LogP contribution in [0.25, 0.3) is 0 Å². The number of anilines is 2. The molecule has 5 rings (SSSR count). The molecule has 166 valence electrons. The minimum absolute atomic E-state index is 0.219. The summed E-state index contributed by atoms with van der Waals surface area (Å²) >= 11 is 0. The minimum Gasteiger partial charge on any atom is -0.457 e. The summed E-state index contributed by atoms with van der Waals surface area (Å²) in [7, 11) is 0. The molecule has 1 aromatic heterocycles. The third-order valence-corrected chi connectivity index (χ3v) is 5.07. The van der Waals surface area contributed by atoms with E-state index in [1.807, 2.05) is 48.5 Å². The molecule has 0 fully saturated rings. The van der Waals surface area contributed by atoms with Crippen molar-refractivity contribution in [1.29, 1.82) is 0 Å². The van der Waals surface area contributed by atoms with Crippen molar-refractivity contribution in [3.63, 3.8) is 0 Å². The Morgan fingerprint density at radius 3 is 2.55 bits per heavy atom. The first-order valence-electron chi connectivity index (χ1n) is 10.4. The summed E-state index contributed by atoms with van der Waals surface area (Å²) in [6, 6.07) is 22.3. The second-order valence-corrected chi connectivity index (χ2v) is 7.41. The van der Waals surface area contributed by atoms with Gasteiger partial charge in [0.15, 0.2) is 11.5 Å². The van der Waals surface area contributed by atoms with Gasteiger partial charge in [-0.15, -0.1) is 0 Å². The third kappa shape index (κ3) is 4.59. The number of hydrogen-bond acceptors (Lipinski definition) is 7. The Morgan fingerprint density at radius 1 is 0.970 bits per heavy atom. The number of nitrogens with zero attached hydrogens (tertiary/aromatic N) is 1. The van der Waals surface area contributed by atoms with Gasteiger partial charge in [-0.2, -0.15) is 0 Å². The van der Waals surface area contributed by atoms with Gasteiger partial charge >= 0.3 is 0 Å². The summed E-state index contributed by atoms with van der Waals surface area (Å²) in [5.41, 5.74) is 2.42. The zero-order valence-electron chi connectivity index (χ0n) is 17.8. The van der Waals surface area contributed by atoms with Crippen molar-refractivity contribution >= 4 is 17.5 Å². The van der Waals surface area contributed by atoms with Crippen LogP contribution >= 0.6 is 0 Å². The molecule has 0 saturated heterocycles. The average Bonchev–Trinajstić information content (AvgIpc) is 3.45. The van der Waals surface area contributed by atoms with Crippen LogP contribution in [0.15, 0.2) is 77.3 Å². The maximum absolute atomic E-state index is 12.9. The number of fused-ring (bicyclic) bond motifs is 1. The highest BCUT2D eigenvalue weighted by Gasteiger charge is 2.21. The zero-order valence-corrected chi connectivity index (χ0v) is 17.8. The van der Waals surface area contributed by atoms with Gasteiger partial charge in [-0.1, -0.05) is 29.4 Å². The van der Waals surface area contributed by atoms with Crippen LogP contribution in [-0.2, 0) is 6.54 Å². The molecule has 0 aliphatic carbocycles. The SMILES string of the molecule is Cc1noc(NCc2ccc3c(c2)OCO3)c1C(=O)Nc1ccc(Oc2ccccc2)cc1. The smallest absolute Gasteiger partial charge is 0.263 e. The highest BCUT2D eigenvalue weighted by molar-refractivity contribution is 6.08. The van der Waals surface area contributed by atoms with Crippen LogP contribution in [0.3, 0.4) is 0 Å². The van der Waals surface area contributed by atoms with Crippen LogP contribution in [0.5, 0.6) is 23.0 Å². The molecular weight excluding hydrogens is 422 g/mol. The Morgan fingerprint density at radius 2 is 1.73 bits per heavy atom. The number of carbonyl (C=O) groups excluding carboxylic acids is 1. The van der Waals surface area contributed by atoms with Crippen molar-refractivity contribution in [3.8, 4) is 23.0 Å². The molecule has 0 saturated carbocycles. The Balaban J connectivity index is 1.24. The molecule has 2 heterocycles. The Labute approximate surface area is 190 Å². The Hall–Kier alpha value is -4.46. The van der Waals surface area contributed by atoms with Gasteiger partial charge in [-0.05, 0) is 61.0 Å². The van der Waals surface area contributed by atoms with Crippen molar-refractivity contribution in [2.24, 2.45) is 0 Å². The minimum atomic E-state index is -0.321. The molecule has 0 unspecified atom stereocenters. The van der Waals surface area contributed by atoms with Gasteiger partial charge in [0.25, 0.3) is 5.91 Å². The molecular formula is C25H21N3O5. The number of benzene rings is 3. The van der Waals surface area contributed by atoms with E-state index in [4.69, 9.17) is 18.7 Å². The molecule has 33 heavy (non-hydrogen) atoms. The number of aromatic nitrogens is 1. The lowest BCUT2D eigenvalue weighted by Gasteiger charge is -2.09. The predicted octanol–water partition coefficient (Wildman–Crippen LogP) is 5.37. The summed E-state index contributed by atoms with van der Waals surface area (Å²) in [6.45, 7) is 2.37. The van der Waals surface area contributed by atoms with E-state index in [0.29, 0.717) is 40.9 Å². The van der Waals surface area contributed by atoms with E-state index in [1.54, 1.807) is 31.2 Å². The first kappa shape index (κ1) is 20.4. The lowest BCUT2D eigenvalue weighted by Crippen LogP contribution is -2.14. The molecule has 1 aliphatic rings. The first-order chi connectivity index (χ1) is 16.2. The fourth-order valence-electron chi connectivity index (χ4n) is 3.42. The standard InChI is InChI=1S/C25H21N3O5/c1-16-23(25(33-28-16)26-14-17-7-12-21-22(13-17)31-15-30-21)24(29)27-18-8-10-20(11-9-18)32-19-5-3-2-4-6-19/h2-13,26H,14-15H2,1H3,(H,27,29). The van der Waals surface area contributed by atoms with E-state index in [0.717, 1.165) is 17.1 Å². The fraction of sp³-hybridized carbons (Fsp3) is 0.120. The molecule has 2 N–H and O–H groups in total. The number of nitrogens with one attached hydrogen (secondary N) is 2. The Kier molecular flexibility index (Phi) is 5.55. The highest BCUT2D eigenvalue weighted by atomic mass is 16.7. The summed E-state index contributed by atoms with van der Waals surface area (Å²) in [5, 5.41) is 9.96. The van der Waals surface area contributed by atoms with Crippen LogP contribution in [0.2, 0.25) is 0 Å². The number of hydrogen-bond donors (Lipinski definition) is 2. The van der Waals surface area contributed by atoms with E-state index in [2.05, 4.69) is 15.8 Å². The molecule has 4 aromatic rings. The molecule has 1 amide bonds.